The van der Waals surface area contributed by atoms with E-state index in [0.29, 0.717) is 17.2 Å². The molecule has 1 rings (SSSR count). The van der Waals surface area contributed by atoms with E-state index in [9.17, 15) is 4.79 Å². The summed E-state index contributed by atoms with van der Waals surface area (Å²) in [6.07, 6.45) is 2.17. The topological polar surface area (TPSA) is 39.2 Å². The van der Waals surface area contributed by atoms with Gasteiger partial charge in [0, 0.05) is 0 Å². The second-order valence-corrected chi connectivity index (χ2v) is 2.61. The molecule has 0 saturated carbocycles. The molecule has 0 bridgehead atoms. The third-order valence-electron chi connectivity index (χ3n) is 1.31. The summed E-state index contributed by atoms with van der Waals surface area (Å²) in [7, 11) is 0. The van der Waals surface area contributed by atoms with Crippen molar-refractivity contribution in [3.8, 4) is 5.75 Å². The van der Waals surface area contributed by atoms with Crippen LogP contribution < -0.4 is 4.74 Å². The molecule has 0 atom stereocenters. The van der Waals surface area contributed by atoms with Crippen LogP contribution >= 0.6 is 11.6 Å². The molecule has 0 aromatic carbocycles. The maximum Gasteiger partial charge on any atom is 0.157 e. The fourth-order valence-electron chi connectivity index (χ4n) is 0.741. The molecule has 0 saturated heterocycles. The largest absolute Gasteiger partial charge is 0.485 e. The summed E-state index contributed by atoms with van der Waals surface area (Å²) in [5.74, 6) is 0.559. The van der Waals surface area contributed by atoms with Crippen LogP contribution in [0, 0.1) is 6.92 Å². The van der Waals surface area contributed by atoms with E-state index in [0.717, 1.165) is 5.56 Å². The molecule has 64 valence electrons. The Morgan fingerprint density at radius 3 is 3.08 bits per heavy atom. The number of ether oxygens (including phenoxy) is 1. The first kappa shape index (κ1) is 9.00. The van der Waals surface area contributed by atoms with Crippen LogP contribution in [0.3, 0.4) is 0 Å². The Kier molecular flexibility index (Phi) is 3.05. The molecule has 0 N–H and O–H groups in total. The van der Waals surface area contributed by atoms with Gasteiger partial charge in [-0.15, -0.1) is 0 Å². The molecule has 4 heteroatoms. The summed E-state index contributed by atoms with van der Waals surface area (Å²) in [6, 6.07) is 1.73. The number of carbonyl (C=O) groups excluding carboxylic acids is 1. The molecule has 0 aliphatic rings. The quantitative estimate of drug-likeness (QED) is 0.531. The highest BCUT2D eigenvalue weighted by atomic mass is 35.5. The van der Waals surface area contributed by atoms with Gasteiger partial charge in [0.05, 0.1) is 6.20 Å². The van der Waals surface area contributed by atoms with E-state index in [4.69, 9.17) is 16.3 Å². The molecule has 0 radical (unpaired) electrons. The lowest BCUT2D eigenvalue weighted by molar-refractivity contribution is -0.109. The van der Waals surface area contributed by atoms with Gasteiger partial charge in [-0.25, -0.2) is 4.98 Å². The Bertz CT molecular complexity index is 288. The predicted octanol–water partition coefficient (Wildman–Crippen LogP) is 1.62. The van der Waals surface area contributed by atoms with Crippen molar-refractivity contribution in [3.05, 3.63) is 23.0 Å². The first-order chi connectivity index (χ1) is 5.74. The Labute approximate surface area is 75.3 Å². The van der Waals surface area contributed by atoms with E-state index < -0.39 is 0 Å². The molecule has 1 heterocycles. The van der Waals surface area contributed by atoms with Crippen LogP contribution in [0.15, 0.2) is 12.3 Å². The molecule has 0 aliphatic heterocycles. The van der Waals surface area contributed by atoms with Crippen molar-refractivity contribution in [2.45, 2.75) is 6.92 Å². The fraction of sp³-hybridized carbons (Fsp3) is 0.250. The van der Waals surface area contributed by atoms with Gasteiger partial charge in [-0.1, -0.05) is 11.6 Å². The van der Waals surface area contributed by atoms with Gasteiger partial charge in [0.1, 0.15) is 17.5 Å². The summed E-state index contributed by atoms with van der Waals surface area (Å²) < 4.78 is 5.00. The van der Waals surface area contributed by atoms with Gasteiger partial charge in [-0.2, -0.15) is 0 Å². The predicted molar refractivity (Wildman–Crippen MR) is 45.5 cm³/mol. The summed E-state index contributed by atoms with van der Waals surface area (Å²) in [4.78, 5) is 13.8. The van der Waals surface area contributed by atoms with E-state index in [2.05, 4.69) is 4.98 Å². The van der Waals surface area contributed by atoms with Gasteiger partial charge in [0.15, 0.2) is 6.29 Å². The van der Waals surface area contributed by atoms with Crippen LogP contribution in [0.2, 0.25) is 5.15 Å². The number of pyridine rings is 1. The van der Waals surface area contributed by atoms with Crippen molar-refractivity contribution in [1.82, 2.24) is 4.98 Å². The first-order valence-electron chi connectivity index (χ1n) is 3.42. The summed E-state index contributed by atoms with van der Waals surface area (Å²) in [5.41, 5.74) is 0.833. The number of hydrogen-bond acceptors (Lipinski definition) is 3. The monoisotopic (exact) mass is 185 g/mol. The molecule has 1 aromatic heterocycles. The van der Waals surface area contributed by atoms with E-state index in [1.54, 1.807) is 6.07 Å². The lowest BCUT2D eigenvalue weighted by Gasteiger charge is -2.02. The van der Waals surface area contributed by atoms with Crippen molar-refractivity contribution in [3.63, 3.8) is 0 Å². The van der Waals surface area contributed by atoms with Crippen molar-refractivity contribution in [1.29, 1.82) is 0 Å². The van der Waals surface area contributed by atoms with Crippen molar-refractivity contribution < 1.29 is 9.53 Å². The minimum atomic E-state index is 0.0444. The van der Waals surface area contributed by atoms with Gasteiger partial charge >= 0.3 is 0 Å². The SMILES string of the molecule is Cc1cc(OCC=O)cnc1Cl. The maximum atomic E-state index is 9.96. The number of aromatic nitrogens is 1. The number of aldehydes is 1. The zero-order valence-electron chi connectivity index (χ0n) is 6.58. The Balaban J connectivity index is 2.75. The third-order valence-corrected chi connectivity index (χ3v) is 1.70. The zero-order valence-corrected chi connectivity index (χ0v) is 7.34. The molecule has 0 aliphatic carbocycles. The average molecular weight is 186 g/mol. The first-order valence-corrected chi connectivity index (χ1v) is 3.80. The highest BCUT2D eigenvalue weighted by molar-refractivity contribution is 6.30. The summed E-state index contributed by atoms with van der Waals surface area (Å²) in [6.45, 7) is 1.87. The zero-order chi connectivity index (χ0) is 8.97. The number of rotatable bonds is 3. The fourth-order valence-corrected chi connectivity index (χ4v) is 0.845. The van der Waals surface area contributed by atoms with Crippen molar-refractivity contribution >= 4 is 17.9 Å². The molecular weight excluding hydrogens is 178 g/mol. The van der Waals surface area contributed by atoms with Crippen molar-refractivity contribution in [2.24, 2.45) is 0 Å². The second kappa shape index (κ2) is 4.07. The number of hydrogen-bond donors (Lipinski definition) is 0. The van der Waals surface area contributed by atoms with Gasteiger partial charge in [-0.3, -0.25) is 4.79 Å². The number of aryl methyl sites for hydroxylation is 1. The van der Waals surface area contributed by atoms with Crippen LogP contribution in [0.4, 0.5) is 0 Å². The molecule has 0 fully saturated rings. The van der Waals surface area contributed by atoms with Gasteiger partial charge < -0.3 is 4.74 Å². The van der Waals surface area contributed by atoms with Gasteiger partial charge in [0.25, 0.3) is 0 Å². The maximum absolute atomic E-state index is 9.96. The molecule has 0 unspecified atom stereocenters. The van der Waals surface area contributed by atoms with Crippen LogP contribution in [0.25, 0.3) is 0 Å². The van der Waals surface area contributed by atoms with E-state index >= 15 is 0 Å². The molecular formula is C8H8ClNO2. The summed E-state index contributed by atoms with van der Waals surface area (Å²) in [5, 5.41) is 0.452. The standard InChI is InChI=1S/C8H8ClNO2/c1-6-4-7(12-3-2-11)5-10-8(6)9/h2,4-5H,3H2,1H3. The van der Waals surface area contributed by atoms with Crippen LogP contribution in [0.5, 0.6) is 5.75 Å². The van der Waals surface area contributed by atoms with E-state index in [1.165, 1.54) is 6.20 Å². The molecule has 1 aromatic rings. The Morgan fingerprint density at radius 2 is 2.50 bits per heavy atom. The average Bonchev–Trinajstić information content (AvgIpc) is 2.07. The lowest BCUT2D eigenvalue weighted by Crippen LogP contribution is -1.98. The van der Waals surface area contributed by atoms with E-state index in [-0.39, 0.29) is 6.61 Å². The minimum absolute atomic E-state index is 0.0444. The Hall–Kier alpha value is -1.09. The van der Waals surface area contributed by atoms with Gasteiger partial charge in [-0.05, 0) is 18.6 Å². The molecule has 3 nitrogen and oxygen atoms in total. The van der Waals surface area contributed by atoms with Gasteiger partial charge in [0.2, 0.25) is 0 Å². The minimum Gasteiger partial charge on any atom is -0.485 e. The normalized spacial score (nSPS) is 9.50. The van der Waals surface area contributed by atoms with Crippen LogP contribution in [-0.4, -0.2) is 17.9 Å². The number of carbonyl (C=O) groups is 1. The second-order valence-electron chi connectivity index (χ2n) is 2.26. The summed E-state index contributed by atoms with van der Waals surface area (Å²) >= 11 is 5.68. The smallest absolute Gasteiger partial charge is 0.157 e. The molecule has 0 amide bonds. The lowest BCUT2D eigenvalue weighted by atomic mass is 10.3. The highest BCUT2D eigenvalue weighted by Crippen LogP contribution is 2.17. The number of nitrogens with zero attached hydrogens (tertiary/aromatic N) is 1. The Morgan fingerprint density at radius 1 is 1.75 bits per heavy atom. The number of halogens is 1. The van der Waals surface area contributed by atoms with Crippen LogP contribution in [0.1, 0.15) is 5.56 Å². The highest BCUT2D eigenvalue weighted by Gasteiger charge is 1.98. The third kappa shape index (κ3) is 2.20. The van der Waals surface area contributed by atoms with Crippen molar-refractivity contribution in [2.75, 3.05) is 6.61 Å². The van der Waals surface area contributed by atoms with E-state index in [1.807, 2.05) is 6.92 Å². The van der Waals surface area contributed by atoms with Crippen LogP contribution in [-0.2, 0) is 4.79 Å². The molecule has 0 spiro atoms. The molecule has 12 heavy (non-hydrogen) atoms.